The normalized spacial score (nSPS) is 11.6. The number of unbranched alkanes of at least 4 members (excludes halogenated alkanes) is 1. The van der Waals surface area contributed by atoms with Crippen LogP contribution < -0.4 is 16.0 Å². The molecule has 0 aliphatic rings. The minimum atomic E-state index is -0.607. The first-order valence-corrected chi connectivity index (χ1v) is 13.0. The number of anilines is 3. The number of nitrogens with one attached hydrogen (secondary N) is 3. The van der Waals surface area contributed by atoms with Crippen LogP contribution in [0.1, 0.15) is 31.7 Å². The van der Waals surface area contributed by atoms with Crippen molar-refractivity contribution in [2.75, 3.05) is 65.1 Å². The molecule has 2 rings (SSSR count). The van der Waals surface area contributed by atoms with Gasteiger partial charge in [0.25, 0.3) is 0 Å². The second-order valence-corrected chi connectivity index (χ2v) is 9.21. The van der Waals surface area contributed by atoms with Crippen LogP contribution in [0.2, 0.25) is 0 Å². The number of hydrogen-bond acceptors (Lipinski definition) is 9. The standard InChI is InChI=1S/C28H39FN8O3/c1-21(37(4)25(38)12-9-17-36(2)3)27(39)32-14-8-6-7-11-22-20-33-28(34-23-13-16-30-24(29)19-23)35-26(22)31-15-10-18-40-5/h9,12-13,16,19-21H,6,8,10,14-15,17-18H2,1-5H3,(H,32,39)(H2,30,31,33,34,35)/t21-/m0/s1. The maximum absolute atomic E-state index is 13.4. The number of carbonyl (C=O) groups excluding carboxylic acids is 2. The molecule has 2 aromatic rings. The van der Waals surface area contributed by atoms with E-state index in [1.54, 1.807) is 39.4 Å². The molecule has 0 saturated carbocycles. The maximum atomic E-state index is 13.4. The van der Waals surface area contributed by atoms with E-state index in [4.69, 9.17) is 4.74 Å². The molecular formula is C28H39FN8O3. The lowest BCUT2D eigenvalue weighted by atomic mass is 10.2. The van der Waals surface area contributed by atoms with E-state index in [-0.39, 0.29) is 11.8 Å². The highest BCUT2D eigenvalue weighted by atomic mass is 19.1. The number of ether oxygens (including phenoxy) is 1. The molecule has 40 heavy (non-hydrogen) atoms. The van der Waals surface area contributed by atoms with E-state index in [1.165, 1.54) is 23.2 Å². The lowest BCUT2D eigenvalue weighted by Gasteiger charge is -2.23. The van der Waals surface area contributed by atoms with Gasteiger partial charge in [0.2, 0.25) is 23.7 Å². The average molecular weight is 555 g/mol. The van der Waals surface area contributed by atoms with Crippen molar-refractivity contribution < 1.29 is 18.7 Å². The number of methoxy groups -OCH3 is 1. The molecule has 3 N–H and O–H groups in total. The van der Waals surface area contributed by atoms with Gasteiger partial charge < -0.3 is 30.5 Å². The molecular weight excluding hydrogens is 515 g/mol. The van der Waals surface area contributed by atoms with Crippen molar-refractivity contribution in [1.82, 2.24) is 30.1 Å². The van der Waals surface area contributed by atoms with Gasteiger partial charge in [0.15, 0.2) is 0 Å². The van der Waals surface area contributed by atoms with Gasteiger partial charge in [-0.25, -0.2) is 9.97 Å². The van der Waals surface area contributed by atoms with Crippen LogP contribution in [0, 0.1) is 17.8 Å². The summed E-state index contributed by atoms with van der Waals surface area (Å²) < 4.78 is 18.5. The van der Waals surface area contributed by atoms with Crippen LogP contribution >= 0.6 is 0 Å². The lowest BCUT2D eigenvalue weighted by Crippen LogP contribution is -2.45. The Bertz CT molecular complexity index is 1200. The van der Waals surface area contributed by atoms with E-state index >= 15 is 0 Å². The number of likely N-dealkylation sites (N-methyl/N-ethyl adjacent to an activating group) is 2. The quantitative estimate of drug-likeness (QED) is 0.132. The fraction of sp³-hybridized carbons (Fsp3) is 0.464. The zero-order valence-corrected chi connectivity index (χ0v) is 23.8. The molecule has 0 aromatic carbocycles. The Balaban J connectivity index is 1.90. The summed E-state index contributed by atoms with van der Waals surface area (Å²) in [5.41, 5.74) is 1.09. The third-order valence-electron chi connectivity index (χ3n) is 5.63. The molecule has 1 atom stereocenters. The van der Waals surface area contributed by atoms with Crippen LogP contribution in [0.3, 0.4) is 0 Å². The Morgan fingerprint density at radius 1 is 1.20 bits per heavy atom. The van der Waals surface area contributed by atoms with Gasteiger partial charge >= 0.3 is 0 Å². The zero-order valence-electron chi connectivity index (χ0n) is 23.8. The Morgan fingerprint density at radius 2 is 2.00 bits per heavy atom. The van der Waals surface area contributed by atoms with Gasteiger partial charge in [0.1, 0.15) is 11.9 Å². The van der Waals surface area contributed by atoms with Gasteiger partial charge in [-0.05, 0) is 39.9 Å². The minimum absolute atomic E-state index is 0.224. The number of hydrogen-bond donors (Lipinski definition) is 3. The Hall–Kier alpha value is -4.08. The summed E-state index contributed by atoms with van der Waals surface area (Å²) in [6.07, 6.45) is 8.14. The van der Waals surface area contributed by atoms with Crippen molar-refractivity contribution in [3.8, 4) is 11.8 Å². The van der Waals surface area contributed by atoms with Crippen LogP contribution in [-0.4, -0.2) is 97.1 Å². The number of carbonyl (C=O) groups is 2. The molecule has 0 unspecified atom stereocenters. The third-order valence-corrected chi connectivity index (χ3v) is 5.63. The van der Waals surface area contributed by atoms with Crippen LogP contribution in [0.4, 0.5) is 21.8 Å². The highest BCUT2D eigenvalue weighted by Crippen LogP contribution is 2.17. The summed E-state index contributed by atoms with van der Waals surface area (Å²) in [4.78, 5) is 40.4. The molecule has 0 radical (unpaired) electrons. The summed E-state index contributed by atoms with van der Waals surface area (Å²) in [5.74, 6) is 5.96. The van der Waals surface area contributed by atoms with Crippen molar-refractivity contribution in [1.29, 1.82) is 0 Å². The van der Waals surface area contributed by atoms with Gasteiger partial charge in [-0.15, -0.1) is 0 Å². The first kappa shape index (κ1) is 32.1. The van der Waals surface area contributed by atoms with E-state index in [0.717, 1.165) is 6.42 Å². The van der Waals surface area contributed by atoms with Gasteiger partial charge in [-0.3, -0.25) is 9.59 Å². The molecule has 12 heteroatoms. The van der Waals surface area contributed by atoms with Crippen LogP contribution in [0.25, 0.3) is 0 Å². The van der Waals surface area contributed by atoms with Gasteiger partial charge in [0.05, 0.1) is 11.8 Å². The zero-order chi connectivity index (χ0) is 29.3. The van der Waals surface area contributed by atoms with Crippen LogP contribution in [0.5, 0.6) is 0 Å². The molecule has 0 aliphatic carbocycles. The number of aromatic nitrogens is 3. The smallest absolute Gasteiger partial charge is 0.246 e. The largest absolute Gasteiger partial charge is 0.385 e. The predicted molar refractivity (Wildman–Crippen MR) is 154 cm³/mol. The van der Waals surface area contributed by atoms with E-state index in [9.17, 15) is 14.0 Å². The summed E-state index contributed by atoms with van der Waals surface area (Å²) in [6.45, 7) is 3.99. The molecule has 0 bridgehead atoms. The maximum Gasteiger partial charge on any atom is 0.246 e. The molecule has 2 amide bonds. The second kappa shape index (κ2) is 17.5. The molecule has 11 nitrogen and oxygen atoms in total. The van der Waals surface area contributed by atoms with Gasteiger partial charge in [-0.1, -0.05) is 17.9 Å². The molecule has 0 saturated heterocycles. The van der Waals surface area contributed by atoms with Crippen molar-refractivity contribution in [3.63, 3.8) is 0 Å². The summed E-state index contributed by atoms with van der Waals surface area (Å²) >= 11 is 0. The fourth-order valence-corrected chi connectivity index (χ4v) is 3.24. The van der Waals surface area contributed by atoms with Crippen molar-refractivity contribution in [2.45, 2.75) is 32.2 Å². The molecule has 0 spiro atoms. The number of amides is 2. The number of rotatable bonds is 15. The number of pyridine rings is 1. The van der Waals surface area contributed by atoms with Crippen LogP contribution in [0.15, 0.2) is 36.7 Å². The third kappa shape index (κ3) is 11.8. The number of nitrogens with zero attached hydrogens (tertiary/aromatic N) is 5. The summed E-state index contributed by atoms with van der Waals surface area (Å²) in [5, 5.41) is 9.06. The second-order valence-electron chi connectivity index (χ2n) is 9.21. The Kier molecular flexibility index (Phi) is 14.1. The monoisotopic (exact) mass is 554 g/mol. The average Bonchev–Trinajstić information content (AvgIpc) is 2.92. The Labute approximate surface area is 235 Å². The van der Waals surface area contributed by atoms with E-state index in [1.807, 2.05) is 19.0 Å². The fourth-order valence-electron chi connectivity index (χ4n) is 3.24. The van der Waals surface area contributed by atoms with Crippen molar-refractivity contribution in [3.05, 3.63) is 48.2 Å². The van der Waals surface area contributed by atoms with E-state index < -0.39 is 12.0 Å². The van der Waals surface area contributed by atoms with E-state index in [0.29, 0.717) is 62.1 Å². The number of halogens is 1. The molecule has 0 aliphatic heterocycles. The van der Waals surface area contributed by atoms with Gasteiger partial charge in [0, 0.05) is 70.8 Å². The first-order valence-electron chi connectivity index (χ1n) is 13.0. The Morgan fingerprint density at radius 3 is 2.73 bits per heavy atom. The first-order chi connectivity index (χ1) is 19.2. The summed E-state index contributed by atoms with van der Waals surface area (Å²) in [7, 11) is 7.08. The van der Waals surface area contributed by atoms with Crippen molar-refractivity contribution >= 4 is 29.3 Å². The molecule has 2 heterocycles. The predicted octanol–water partition coefficient (Wildman–Crippen LogP) is 2.42. The summed E-state index contributed by atoms with van der Waals surface area (Å²) in [6, 6.07) is 2.27. The molecule has 216 valence electrons. The highest BCUT2D eigenvalue weighted by molar-refractivity contribution is 5.92. The van der Waals surface area contributed by atoms with Crippen LogP contribution in [-0.2, 0) is 14.3 Å². The molecule has 2 aromatic heterocycles. The topological polar surface area (TPSA) is 125 Å². The molecule has 0 fully saturated rings. The minimum Gasteiger partial charge on any atom is -0.385 e. The van der Waals surface area contributed by atoms with Crippen molar-refractivity contribution in [2.24, 2.45) is 0 Å². The van der Waals surface area contributed by atoms with Gasteiger partial charge in [-0.2, -0.15) is 9.37 Å². The SMILES string of the molecule is COCCCNc1nc(Nc2ccnc(F)c2)ncc1C#CCCCNC(=O)[C@H](C)N(C)C(=O)C=CCN(C)C. The van der Waals surface area contributed by atoms with E-state index in [2.05, 4.69) is 42.7 Å². The lowest BCUT2D eigenvalue weighted by molar-refractivity contribution is -0.135. The highest BCUT2D eigenvalue weighted by Gasteiger charge is 2.20.